The van der Waals surface area contributed by atoms with E-state index in [1.54, 1.807) is 30.3 Å². The van der Waals surface area contributed by atoms with Gasteiger partial charge in [0.05, 0.1) is 11.6 Å². The standard InChI is InChI=1S/C17H17FN4O2/c18-12-4-1-2-6-14(12)22-9-8-11(10-22)17(24)21-15-7-3-5-13(20-15)16(19)23/h1-7,11H,8-10H2,(H2,19,23)(H,20,21,24). The molecule has 24 heavy (non-hydrogen) atoms. The van der Waals surface area contributed by atoms with Crippen LogP contribution in [0.4, 0.5) is 15.9 Å². The summed E-state index contributed by atoms with van der Waals surface area (Å²) in [5.74, 6) is -1.15. The molecule has 7 heteroatoms. The van der Waals surface area contributed by atoms with Crippen LogP contribution in [0, 0.1) is 11.7 Å². The molecule has 2 aromatic rings. The molecule has 1 aromatic carbocycles. The van der Waals surface area contributed by atoms with Gasteiger partial charge in [-0.15, -0.1) is 0 Å². The number of anilines is 2. The lowest BCUT2D eigenvalue weighted by Gasteiger charge is -2.19. The molecule has 124 valence electrons. The van der Waals surface area contributed by atoms with Crippen LogP contribution in [-0.4, -0.2) is 29.9 Å². The topological polar surface area (TPSA) is 88.3 Å². The third-order valence-electron chi connectivity index (χ3n) is 4.00. The van der Waals surface area contributed by atoms with Crippen molar-refractivity contribution in [2.75, 3.05) is 23.3 Å². The van der Waals surface area contributed by atoms with Crippen LogP contribution in [0.2, 0.25) is 0 Å². The number of carbonyl (C=O) groups is 2. The van der Waals surface area contributed by atoms with E-state index in [0.717, 1.165) is 0 Å². The van der Waals surface area contributed by atoms with Crippen LogP contribution in [0.15, 0.2) is 42.5 Å². The van der Waals surface area contributed by atoms with Gasteiger partial charge in [0.1, 0.15) is 17.3 Å². The smallest absolute Gasteiger partial charge is 0.267 e. The number of halogens is 1. The Morgan fingerprint density at radius 3 is 2.75 bits per heavy atom. The minimum absolute atomic E-state index is 0.0900. The molecule has 0 aliphatic carbocycles. The number of nitrogens with two attached hydrogens (primary N) is 1. The third-order valence-corrected chi connectivity index (χ3v) is 4.00. The Labute approximate surface area is 138 Å². The Morgan fingerprint density at radius 1 is 1.21 bits per heavy atom. The maximum Gasteiger partial charge on any atom is 0.267 e. The molecule has 3 N–H and O–H groups in total. The van der Waals surface area contributed by atoms with Crippen molar-refractivity contribution >= 4 is 23.3 Å². The number of benzene rings is 1. The van der Waals surface area contributed by atoms with Crippen molar-refractivity contribution in [1.82, 2.24) is 4.98 Å². The summed E-state index contributed by atoms with van der Waals surface area (Å²) < 4.78 is 13.8. The second kappa shape index (κ2) is 6.66. The number of nitrogens with one attached hydrogen (secondary N) is 1. The Balaban J connectivity index is 1.66. The molecule has 1 saturated heterocycles. The number of nitrogens with zero attached hydrogens (tertiary/aromatic N) is 2. The lowest BCUT2D eigenvalue weighted by molar-refractivity contribution is -0.119. The van der Waals surface area contributed by atoms with E-state index in [2.05, 4.69) is 10.3 Å². The normalized spacial score (nSPS) is 16.9. The highest BCUT2D eigenvalue weighted by Gasteiger charge is 2.29. The van der Waals surface area contributed by atoms with Crippen molar-refractivity contribution in [3.8, 4) is 0 Å². The molecule has 0 radical (unpaired) electrons. The van der Waals surface area contributed by atoms with Crippen LogP contribution in [0.3, 0.4) is 0 Å². The summed E-state index contributed by atoms with van der Waals surface area (Å²) >= 11 is 0. The van der Waals surface area contributed by atoms with E-state index in [9.17, 15) is 14.0 Å². The van der Waals surface area contributed by atoms with Crippen LogP contribution in [0.5, 0.6) is 0 Å². The van der Waals surface area contributed by atoms with Gasteiger partial charge in [0, 0.05) is 13.1 Å². The summed E-state index contributed by atoms with van der Waals surface area (Å²) in [6, 6.07) is 11.2. The van der Waals surface area contributed by atoms with Crippen LogP contribution in [0.25, 0.3) is 0 Å². The number of hydrogen-bond donors (Lipinski definition) is 2. The summed E-state index contributed by atoms with van der Waals surface area (Å²) in [4.78, 5) is 29.4. The third kappa shape index (κ3) is 3.34. The maximum absolute atomic E-state index is 13.8. The number of pyridine rings is 1. The van der Waals surface area contributed by atoms with Gasteiger partial charge in [0.25, 0.3) is 5.91 Å². The Bertz CT molecular complexity index is 781. The summed E-state index contributed by atoms with van der Waals surface area (Å²) in [7, 11) is 0. The molecule has 1 unspecified atom stereocenters. The molecule has 1 atom stereocenters. The minimum atomic E-state index is -0.655. The van der Waals surface area contributed by atoms with Crippen molar-refractivity contribution in [2.45, 2.75) is 6.42 Å². The zero-order chi connectivity index (χ0) is 17.1. The average molecular weight is 328 g/mol. The van der Waals surface area contributed by atoms with Crippen LogP contribution >= 0.6 is 0 Å². The Morgan fingerprint density at radius 2 is 2.00 bits per heavy atom. The summed E-state index contributed by atoms with van der Waals surface area (Å²) in [5, 5.41) is 2.69. The molecule has 0 bridgehead atoms. The van der Waals surface area contributed by atoms with Crippen LogP contribution in [-0.2, 0) is 4.79 Å². The quantitative estimate of drug-likeness (QED) is 0.895. The van der Waals surface area contributed by atoms with E-state index < -0.39 is 5.91 Å². The molecule has 1 aromatic heterocycles. The first-order valence-electron chi connectivity index (χ1n) is 7.62. The van der Waals surface area contributed by atoms with E-state index in [1.165, 1.54) is 12.1 Å². The first-order valence-corrected chi connectivity index (χ1v) is 7.62. The number of carbonyl (C=O) groups excluding carboxylic acids is 2. The molecular weight excluding hydrogens is 311 g/mol. The zero-order valence-electron chi connectivity index (χ0n) is 12.9. The fourth-order valence-electron chi connectivity index (χ4n) is 2.77. The van der Waals surface area contributed by atoms with Gasteiger partial charge in [-0.05, 0) is 30.7 Å². The van der Waals surface area contributed by atoms with Gasteiger partial charge in [0.15, 0.2) is 0 Å². The predicted molar refractivity (Wildman–Crippen MR) is 88.1 cm³/mol. The summed E-state index contributed by atoms with van der Waals surface area (Å²) in [6.07, 6.45) is 0.621. The van der Waals surface area contributed by atoms with E-state index in [1.807, 2.05) is 4.90 Å². The van der Waals surface area contributed by atoms with E-state index in [-0.39, 0.29) is 29.2 Å². The largest absolute Gasteiger partial charge is 0.368 e. The molecule has 1 aliphatic rings. The molecule has 0 spiro atoms. The lowest BCUT2D eigenvalue weighted by atomic mass is 10.1. The minimum Gasteiger partial charge on any atom is -0.368 e. The highest BCUT2D eigenvalue weighted by molar-refractivity contribution is 5.94. The van der Waals surface area contributed by atoms with E-state index in [0.29, 0.717) is 25.2 Å². The van der Waals surface area contributed by atoms with Crippen molar-refractivity contribution in [3.05, 3.63) is 54.0 Å². The number of amides is 2. The second-order valence-electron chi connectivity index (χ2n) is 5.64. The maximum atomic E-state index is 13.8. The van der Waals surface area contributed by atoms with Gasteiger partial charge in [-0.1, -0.05) is 18.2 Å². The predicted octanol–water partition coefficient (Wildman–Crippen LogP) is 1.78. The molecule has 2 amide bonds. The van der Waals surface area contributed by atoms with Crippen molar-refractivity contribution in [3.63, 3.8) is 0 Å². The van der Waals surface area contributed by atoms with Crippen LogP contribution in [0.1, 0.15) is 16.9 Å². The van der Waals surface area contributed by atoms with E-state index in [4.69, 9.17) is 5.73 Å². The molecule has 1 aliphatic heterocycles. The number of rotatable bonds is 4. The summed E-state index contributed by atoms with van der Waals surface area (Å²) in [5.41, 5.74) is 5.77. The van der Waals surface area contributed by atoms with Gasteiger partial charge >= 0.3 is 0 Å². The van der Waals surface area contributed by atoms with Gasteiger partial charge in [-0.25, -0.2) is 9.37 Å². The molecule has 6 nitrogen and oxygen atoms in total. The highest BCUT2D eigenvalue weighted by atomic mass is 19.1. The van der Waals surface area contributed by atoms with Gasteiger partial charge < -0.3 is 16.0 Å². The molecule has 3 rings (SSSR count). The molecule has 0 saturated carbocycles. The number of primary amides is 1. The Hall–Kier alpha value is -2.96. The Kier molecular flexibility index (Phi) is 4.41. The first kappa shape index (κ1) is 15.9. The van der Waals surface area contributed by atoms with Gasteiger partial charge in [-0.3, -0.25) is 9.59 Å². The SMILES string of the molecule is NC(=O)c1cccc(NC(=O)C2CCN(c3ccccc3F)C2)n1. The lowest BCUT2D eigenvalue weighted by Crippen LogP contribution is -2.28. The van der Waals surface area contributed by atoms with Crippen molar-refractivity contribution in [1.29, 1.82) is 0 Å². The van der Waals surface area contributed by atoms with E-state index >= 15 is 0 Å². The average Bonchev–Trinajstić information content (AvgIpc) is 3.05. The molecule has 1 fully saturated rings. The van der Waals surface area contributed by atoms with Crippen molar-refractivity contribution < 1.29 is 14.0 Å². The highest BCUT2D eigenvalue weighted by Crippen LogP contribution is 2.26. The fourth-order valence-corrected chi connectivity index (χ4v) is 2.77. The number of para-hydroxylation sites is 1. The second-order valence-corrected chi connectivity index (χ2v) is 5.64. The summed E-state index contributed by atoms with van der Waals surface area (Å²) in [6.45, 7) is 1.04. The van der Waals surface area contributed by atoms with Crippen LogP contribution < -0.4 is 16.0 Å². The number of aromatic nitrogens is 1. The molecule has 2 heterocycles. The van der Waals surface area contributed by atoms with Gasteiger partial charge in [0.2, 0.25) is 5.91 Å². The zero-order valence-corrected chi connectivity index (χ0v) is 12.9. The fraction of sp³-hybridized carbons (Fsp3) is 0.235. The first-order chi connectivity index (χ1) is 11.5. The monoisotopic (exact) mass is 328 g/mol. The van der Waals surface area contributed by atoms with Gasteiger partial charge in [-0.2, -0.15) is 0 Å². The molecular formula is C17H17FN4O2. The van der Waals surface area contributed by atoms with Crippen molar-refractivity contribution in [2.24, 2.45) is 11.7 Å². The number of hydrogen-bond acceptors (Lipinski definition) is 4.